The summed E-state index contributed by atoms with van der Waals surface area (Å²) >= 11 is 0. The molecule has 36 heavy (non-hydrogen) atoms. The van der Waals surface area contributed by atoms with Crippen molar-refractivity contribution < 1.29 is 22.4 Å². The van der Waals surface area contributed by atoms with Crippen LogP contribution in [0.1, 0.15) is 48.5 Å². The van der Waals surface area contributed by atoms with Crippen LogP contribution in [0.2, 0.25) is 0 Å². The minimum Gasteiger partial charge on any atom is -0.354 e. The quantitative estimate of drug-likeness (QED) is 0.203. The lowest BCUT2D eigenvalue weighted by molar-refractivity contribution is -0.138. The molecule has 1 amide bonds. The van der Waals surface area contributed by atoms with Crippen molar-refractivity contribution in [2.75, 3.05) is 30.0 Å². The molecular weight excluding hydrogens is 480 g/mol. The minimum absolute atomic E-state index is 0.0746. The first-order valence-corrected chi connectivity index (χ1v) is 11.6. The average Bonchev–Trinajstić information content (AvgIpc) is 3.69. The van der Waals surface area contributed by atoms with E-state index in [2.05, 4.69) is 20.5 Å². The molecule has 2 aromatic rings. The van der Waals surface area contributed by atoms with Crippen molar-refractivity contribution in [1.82, 2.24) is 20.3 Å². The molecule has 0 aromatic carbocycles. The summed E-state index contributed by atoms with van der Waals surface area (Å²) in [5, 5.41) is 5.30. The smallest absolute Gasteiger partial charge is 0.354 e. The van der Waals surface area contributed by atoms with E-state index in [4.69, 9.17) is 5.84 Å². The summed E-state index contributed by atoms with van der Waals surface area (Å²) in [5.74, 6) is 5.68. The van der Waals surface area contributed by atoms with Gasteiger partial charge in [0.05, 0.1) is 11.1 Å². The molecule has 0 bridgehead atoms. The number of aromatic nitrogens is 2. The highest BCUT2D eigenvalue weighted by atomic mass is 19.4. The van der Waals surface area contributed by atoms with Gasteiger partial charge in [0.15, 0.2) is 11.6 Å². The molecule has 9 nitrogen and oxygen atoms in total. The van der Waals surface area contributed by atoms with Gasteiger partial charge in [0.1, 0.15) is 11.7 Å². The van der Waals surface area contributed by atoms with Crippen LogP contribution < -0.4 is 21.2 Å². The highest BCUT2D eigenvalue weighted by Gasteiger charge is 2.40. The highest BCUT2D eigenvalue weighted by Crippen LogP contribution is 2.35. The first kappa shape index (κ1) is 25.6. The molecular formula is C23H28F4N8O. The van der Waals surface area contributed by atoms with E-state index in [1.807, 2.05) is 4.90 Å². The van der Waals surface area contributed by atoms with Crippen molar-refractivity contribution in [3.8, 4) is 0 Å². The van der Waals surface area contributed by atoms with Gasteiger partial charge in [-0.05, 0) is 50.8 Å². The number of halogens is 4. The third-order valence-corrected chi connectivity index (χ3v) is 6.35. The van der Waals surface area contributed by atoms with Crippen LogP contribution in [-0.2, 0) is 6.18 Å². The van der Waals surface area contributed by atoms with Crippen molar-refractivity contribution in [3.63, 3.8) is 0 Å². The number of piperidine rings is 1. The summed E-state index contributed by atoms with van der Waals surface area (Å²) in [5.41, 5.74) is 1.96. The third-order valence-electron chi connectivity index (χ3n) is 6.35. The van der Waals surface area contributed by atoms with Crippen LogP contribution in [0.4, 0.5) is 29.2 Å². The van der Waals surface area contributed by atoms with Crippen LogP contribution in [0, 0.1) is 5.82 Å². The third kappa shape index (κ3) is 5.50. The number of carbonyl (C=O) groups is 1. The standard InChI is InChI=1S/C23H28F4N8O/c1-14(32-29-2)35(28)20-6-3-15(12-30-20)22(36)34(17-4-5-17)18-7-9-33(10-8-18)21-19(24)11-16(13-31-21)23(25,26)27/h3,6,11-13,17-18,29H,4-5,7-10,28H2,1-2H3/b32-14-. The van der Waals surface area contributed by atoms with Crippen LogP contribution in [0.5, 0.6) is 0 Å². The van der Waals surface area contributed by atoms with Gasteiger partial charge in [0, 0.05) is 44.6 Å². The maximum absolute atomic E-state index is 14.4. The number of amidine groups is 1. The summed E-state index contributed by atoms with van der Waals surface area (Å²) in [4.78, 5) is 24.9. The number of rotatable bonds is 6. The van der Waals surface area contributed by atoms with Crippen molar-refractivity contribution >= 4 is 23.4 Å². The lowest BCUT2D eigenvalue weighted by Gasteiger charge is -2.39. The number of nitrogens with one attached hydrogen (secondary N) is 1. The SMILES string of the molecule is CN/N=C(/C)N(N)c1ccc(C(=O)N(C2CC2)C2CCN(c3ncc(C(F)(F)F)cc3F)CC2)cn1. The molecule has 0 atom stereocenters. The van der Waals surface area contributed by atoms with Crippen LogP contribution in [0.25, 0.3) is 0 Å². The molecule has 0 radical (unpaired) electrons. The van der Waals surface area contributed by atoms with Crippen molar-refractivity contribution in [1.29, 1.82) is 0 Å². The van der Waals surface area contributed by atoms with E-state index in [9.17, 15) is 22.4 Å². The van der Waals surface area contributed by atoms with Crippen molar-refractivity contribution in [2.24, 2.45) is 10.9 Å². The maximum Gasteiger partial charge on any atom is 0.417 e. The zero-order valence-electron chi connectivity index (χ0n) is 20.0. The van der Waals surface area contributed by atoms with Crippen LogP contribution >= 0.6 is 0 Å². The lowest BCUT2D eigenvalue weighted by atomic mass is 10.0. The molecule has 13 heteroatoms. The van der Waals surface area contributed by atoms with Crippen LogP contribution in [0.3, 0.4) is 0 Å². The number of anilines is 2. The summed E-state index contributed by atoms with van der Waals surface area (Å²) < 4.78 is 52.9. The zero-order valence-corrected chi connectivity index (χ0v) is 20.0. The van der Waals surface area contributed by atoms with Gasteiger partial charge in [-0.3, -0.25) is 4.79 Å². The molecule has 1 aliphatic carbocycles. The molecule has 4 rings (SSSR count). The fourth-order valence-electron chi connectivity index (χ4n) is 4.34. The highest BCUT2D eigenvalue weighted by molar-refractivity contribution is 5.96. The van der Waals surface area contributed by atoms with Gasteiger partial charge in [-0.2, -0.15) is 18.3 Å². The number of hydrogen-bond acceptors (Lipinski definition) is 7. The number of amides is 1. The van der Waals surface area contributed by atoms with Crippen LogP contribution in [-0.4, -0.2) is 58.8 Å². The van der Waals surface area contributed by atoms with Gasteiger partial charge < -0.3 is 15.2 Å². The van der Waals surface area contributed by atoms with E-state index < -0.39 is 17.6 Å². The van der Waals surface area contributed by atoms with Gasteiger partial charge in [0.25, 0.3) is 5.91 Å². The Morgan fingerprint density at radius 3 is 2.33 bits per heavy atom. The van der Waals surface area contributed by atoms with E-state index in [0.717, 1.165) is 12.8 Å². The molecule has 2 aliphatic rings. The van der Waals surface area contributed by atoms with Gasteiger partial charge >= 0.3 is 6.18 Å². The summed E-state index contributed by atoms with van der Waals surface area (Å²) in [6.07, 6.45) is 0.384. The summed E-state index contributed by atoms with van der Waals surface area (Å²) in [7, 11) is 1.65. The Bertz CT molecular complexity index is 1110. The topological polar surface area (TPSA) is 103 Å². The Morgan fingerprint density at radius 1 is 1.14 bits per heavy atom. The first-order valence-electron chi connectivity index (χ1n) is 11.6. The molecule has 1 saturated carbocycles. The fourth-order valence-corrected chi connectivity index (χ4v) is 4.34. The normalized spacial score (nSPS) is 17.2. The number of hydrazone groups is 1. The van der Waals surface area contributed by atoms with Gasteiger partial charge in [-0.1, -0.05) is 0 Å². The van der Waals surface area contributed by atoms with Gasteiger partial charge in [-0.15, -0.1) is 0 Å². The number of nitrogens with two attached hydrogens (primary N) is 1. The van der Waals surface area contributed by atoms with E-state index in [1.165, 1.54) is 11.2 Å². The molecule has 2 fully saturated rings. The largest absolute Gasteiger partial charge is 0.417 e. The molecule has 3 heterocycles. The second-order valence-electron chi connectivity index (χ2n) is 8.85. The molecule has 0 unspecified atom stereocenters. The Balaban J connectivity index is 1.43. The monoisotopic (exact) mass is 508 g/mol. The Kier molecular flexibility index (Phi) is 7.29. The predicted octanol–water partition coefficient (Wildman–Crippen LogP) is 3.14. The number of pyridine rings is 2. The van der Waals surface area contributed by atoms with Gasteiger partial charge in [-0.25, -0.2) is 25.2 Å². The van der Waals surface area contributed by atoms with Gasteiger partial charge in [0.2, 0.25) is 0 Å². The Hall–Kier alpha value is -3.48. The van der Waals surface area contributed by atoms with Crippen molar-refractivity contribution in [2.45, 2.75) is 50.9 Å². The molecule has 1 aliphatic heterocycles. The number of hydrogen-bond donors (Lipinski definition) is 2. The second-order valence-corrected chi connectivity index (χ2v) is 8.85. The average molecular weight is 509 g/mol. The summed E-state index contributed by atoms with van der Waals surface area (Å²) in [6.45, 7) is 2.46. The Labute approximate surface area is 205 Å². The predicted molar refractivity (Wildman–Crippen MR) is 127 cm³/mol. The minimum atomic E-state index is -4.65. The number of nitrogens with zero attached hydrogens (tertiary/aromatic N) is 6. The summed E-state index contributed by atoms with van der Waals surface area (Å²) in [6, 6.07) is 3.84. The molecule has 0 spiro atoms. The van der Waals surface area contributed by atoms with E-state index in [0.29, 0.717) is 55.4 Å². The van der Waals surface area contributed by atoms with Crippen molar-refractivity contribution in [3.05, 3.63) is 47.5 Å². The van der Waals surface area contributed by atoms with E-state index in [-0.39, 0.29) is 23.8 Å². The molecule has 3 N–H and O–H groups in total. The first-order chi connectivity index (χ1) is 17.1. The zero-order chi connectivity index (χ0) is 26.0. The molecule has 194 valence electrons. The van der Waals surface area contributed by atoms with E-state index >= 15 is 0 Å². The number of alkyl halides is 3. The number of hydrazine groups is 1. The lowest BCUT2D eigenvalue weighted by Crippen LogP contribution is -2.49. The fraction of sp³-hybridized carbons (Fsp3) is 0.478. The Morgan fingerprint density at radius 2 is 1.81 bits per heavy atom. The molecule has 2 aromatic heterocycles. The molecule has 1 saturated heterocycles. The van der Waals surface area contributed by atoms with Crippen LogP contribution in [0.15, 0.2) is 35.7 Å². The second kappa shape index (κ2) is 10.2. The number of carbonyl (C=O) groups excluding carboxylic acids is 1. The maximum atomic E-state index is 14.4. The van der Waals surface area contributed by atoms with E-state index in [1.54, 1.807) is 31.0 Å².